The summed E-state index contributed by atoms with van der Waals surface area (Å²) >= 11 is 0. The number of nitrogens with one attached hydrogen (secondary N) is 1. The van der Waals surface area contributed by atoms with Crippen molar-refractivity contribution in [2.24, 2.45) is 16.0 Å². The highest BCUT2D eigenvalue weighted by molar-refractivity contribution is 5.56. The molecule has 1 fully saturated rings. The maximum Gasteiger partial charge on any atom is 0.109 e. The standard InChI is InChI=1S/C11H15N3/c1-12-14-8-13-11-6-4-10(5-7-11)9-2-3-9/h4,6,8-9H,1-3,5,7H2,(H,13,14). The molecule has 0 aromatic rings. The van der Waals surface area contributed by atoms with E-state index in [0.717, 1.165) is 18.0 Å². The van der Waals surface area contributed by atoms with Crippen molar-refractivity contribution in [3.05, 3.63) is 23.4 Å². The molecule has 0 amide bonds. The van der Waals surface area contributed by atoms with Gasteiger partial charge in [-0.15, -0.1) is 0 Å². The molecule has 0 atom stereocenters. The summed E-state index contributed by atoms with van der Waals surface area (Å²) in [5, 5.41) is 3.48. The number of hydrogen-bond acceptors (Lipinski definition) is 2. The van der Waals surface area contributed by atoms with Gasteiger partial charge in [0, 0.05) is 12.4 Å². The zero-order valence-electron chi connectivity index (χ0n) is 8.24. The van der Waals surface area contributed by atoms with Crippen LogP contribution in [0.5, 0.6) is 0 Å². The first-order valence-electron chi connectivity index (χ1n) is 5.03. The number of aliphatic imine (C=N–C) groups is 1. The van der Waals surface area contributed by atoms with Crippen molar-refractivity contribution < 1.29 is 0 Å². The van der Waals surface area contributed by atoms with Gasteiger partial charge in [0.25, 0.3) is 0 Å². The van der Waals surface area contributed by atoms with Crippen LogP contribution in [0.4, 0.5) is 0 Å². The van der Waals surface area contributed by atoms with Crippen LogP contribution in [0.2, 0.25) is 0 Å². The SMILES string of the molecule is C=NNC=NC1=CC=C(C2CC2)CC1. The minimum atomic E-state index is 0.893. The van der Waals surface area contributed by atoms with Gasteiger partial charge in [-0.3, -0.25) is 5.43 Å². The number of allylic oxidation sites excluding steroid dienone is 4. The molecule has 0 aliphatic heterocycles. The van der Waals surface area contributed by atoms with Crippen molar-refractivity contribution in [3.8, 4) is 0 Å². The summed E-state index contributed by atoms with van der Waals surface area (Å²) < 4.78 is 0. The third-order valence-electron chi connectivity index (χ3n) is 2.64. The molecule has 3 heteroatoms. The Kier molecular flexibility index (Phi) is 2.77. The normalized spacial score (nSPS) is 21.7. The number of nitrogens with zero attached hydrogens (tertiary/aromatic N) is 2. The lowest BCUT2D eigenvalue weighted by molar-refractivity contribution is 0.814. The van der Waals surface area contributed by atoms with Gasteiger partial charge in [0.2, 0.25) is 0 Å². The van der Waals surface area contributed by atoms with Gasteiger partial charge in [-0.05, 0) is 37.7 Å². The smallest absolute Gasteiger partial charge is 0.109 e. The Labute approximate surface area is 84.3 Å². The highest BCUT2D eigenvalue weighted by Crippen LogP contribution is 2.40. The van der Waals surface area contributed by atoms with Crippen LogP contribution in [-0.2, 0) is 0 Å². The summed E-state index contributed by atoms with van der Waals surface area (Å²) in [6, 6.07) is 0. The maximum atomic E-state index is 4.23. The van der Waals surface area contributed by atoms with Crippen LogP contribution in [0.1, 0.15) is 25.7 Å². The molecular weight excluding hydrogens is 174 g/mol. The van der Waals surface area contributed by atoms with Gasteiger partial charge in [-0.1, -0.05) is 11.6 Å². The molecule has 0 unspecified atom stereocenters. The Balaban J connectivity index is 1.92. The molecule has 3 nitrogen and oxygen atoms in total. The first-order chi connectivity index (χ1) is 6.90. The Bertz CT molecular complexity index is 308. The minimum Gasteiger partial charge on any atom is -0.268 e. The second-order valence-electron chi connectivity index (χ2n) is 3.72. The van der Waals surface area contributed by atoms with Crippen LogP contribution in [-0.4, -0.2) is 13.1 Å². The van der Waals surface area contributed by atoms with Gasteiger partial charge in [-0.2, -0.15) is 5.10 Å². The van der Waals surface area contributed by atoms with Crippen LogP contribution in [0.25, 0.3) is 0 Å². The van der Waals surface area contributed by atoms with Crippen LogP contribution in [0, 0.1) is 5.92 Å². The monoisotopic (exact) mass is 189 g/mol. The van der Waals surface area contributed by atoms with E-state index in [1.165, 1.54) is 19.3 Å². The average molecular weight is 189 g/mol. The molecule has 0 heterocycles. The summed E-state index contributed by atoms with van der Waals surface area (Å²) in [6.07, 6.45) is 10.9. The number of rotatable bonds is 4. The van der Waals surface area contributed by atoms with Gasteiger partial charge in [0.1, 0.15) is 6.34 Å². The number of hydrazone groups is 1. The van der Waals surface area contributed by atoms with E-state index in [-0.39, 0.29) is 0 Å². The molecular formula is C11H15N3. The van der Waals surface area contributed by atoms with Crippen LogP contribution >= 0.6 is 0 Å². The zero-order valence-corrected chi connectivity index (χ0v) is 8.24. The van der Waals surface area contributed by atoms with Gasteiger partial charge >= 0.3 is 0 Å². The van der Waals surface area contributed by atoms with Crippen molar-refractivity contribution in [3.63, 3.8) is 0 Å². The third kappa shape index (κ3) is 2.31. The fourth-order valence-electron chi connectivity index (χ4n) is 1.70. The van der Waals surface area contributed by atoms with Crippen molar-refractivity contribution in [1.29, 1.82) is 0 Å². The summed E-state index contributed by atoms with van der Waals surface area (Å²) in [5.74, 6) is 0.893. The van der Waals surface area contributed by atoms with Gasteiger partial charge in [0.15, 0.2) is 0 Å². The van der Waals surface area contributed by atoms with Crippen LogP contribution < -0.4 is 5.43 Å². The molecule has 74 valence electrons. The maximum absolute atomic E-state index is 4.23. The number of hydrogen-bond donors (Lipinski definition) is 1. The predicted molar refractivity (Wildman–Crippen MR) is 59.3 cm³/mol. The molecule has 0 radical (unpaired) electrons. The van der Waals surface area contributed by atoms with E-state index >= 15 is 0 Å². The van der Waals surface area contributed by atoms with E-state index < -0.39 is 0 Å². The molecule has 2 aliphatic carbocycles. The zero-order chi connectivity index (χ0) is 9.80. The predicted octanol–water partition coefficient (Wildman–Crippen LogP) is 2.23. The highest BCUT2D eigenvalue weighted by Gasteiger charge is 2.26. The van der Waals surface area contributed by atoms with Gasteiger partial charge in [0.05, 0.1) is 0 Å². The second kappa shape index (κ2) is 4.22. The molecule has 0 saturated heterocycles. The van der Waals surface area contributed by atoms with E-state index in [4.69, 9.17) is 0 Å². The molecule has 14 heavy (non-hydrogen) atoms. The Hall–Kier alpha value is -1.38. The molecule has 2 aliphatic rings. The molecule has 0 aromatic carbocycles. The lowest BCUT2D eigenvalue weighted by Crippen LogP contribution is -2.01. The summed E-state index contributed by atoms with van der Waals surface area (Å²) in [7, 11) is 0. The fourth-order valence-corrected chi connectivity index (χ4v) is 1.70. The molecule has 1 N–H and O–H groups in total. The largest absolute Gasteiger partial charge is 0.268 e. The van der Waals surface area contributed by atoms with E-state index in [2.05, 4.69) is 34.4 Å². The van der Waals surface area contributed by atoms with E-state index in [1.807, 2.05) is 0 Å². The molecule has 0 bridgehead atoms. The second-order valence-corrected chi connectivity index (χ2v) is 3.72. The molecule has 1 saturated carbocycles. The van der Waals surface area contributed by atoms with Crippen molar-refractivity contribution >= 4 is 13.1 Å². The summed E-state index contributed by atoms with van der Waals surface area (Å²) in [6.45, 7) is 3.30. The van der Waals surface area contributed by atoms with E-state index in [9.17, 15) is 0 Å². The van der Waals surface area contributed by atoms with Crippen LogP contribution in [0.3, 0.4) is 0 Å². The van der Waals surface area contributed by atoms with Crippen molar-refractivity contribution in [2.45, 2.75) is 25.7 Å². The fraction of sp³-hybridized carbons (Fsp3) is 0.455. The summed E-state index contributed by atoms with van der Waals surface area (Å²) in [5.41, 5.74) is 5.33. The van der Waals surface area contributed by atoms with Crippen LogP contribution in [0.15, 0.2) is 33.5 Å². The lowest BCUT2D eigenvalue weighted by Gasteiger charge is -2.10. The van der Waals surface area contributed by atoms with Gasteiger partial charge in [-0.25, -0.2) is 4.99 Å². The lowest BCUT2D eigenvalue weighted by atomic mass is 9.99. The Morgan fingerprint density at radius 1 is 1.36 bits per heavy atom. The third-order valence-corrected chi connectivity index (χ3v) is 2.64. The quantitative estimate of drug-likeness (QED) is 0.411. The van der Waals surface area contributed by atoms with Gasteiger partial charge < -0.3 is 0 Å². The van der Waals surface area contributed by atoms with E-state index in [1.54, 1.807) is 11.9 Å². The van der Waals surface area contributed by atoms with Crippen molar-refractivity contribution in [2.75, 3.05) is 0 Å². The topological polar surface area (TPSA) is 36.8 Å². The molecule has 0 spiro atoms. The molecule has 2 rings (SSSR count). The summed E-state index contributed by atoms with van der Waals surface area (Å²) in [4.78, 5) is 4.23. The minimum absolute atomic E-state index is 0.893. The Morgan fingerprint density at radius 2 is 2.21 bits per heavy atom. The van der Waals surface area contributed by atoms with E-state index in [0.29, 0.717) is 0 Å². The first-order valence-corrected chi connectivity index (χ1v) is 5.03. The first kappa shape index (κ1) is 9.19. The average Bonchev–Trinajstić information content (AvgIpc) is 3.03. The van der Waals surface area contributed by atoms with Crippen molar-refractivity contribution in [1.82, 2.24) is 5.43 Å². The molecule has 0 aromatic heterocycles. The Morgan fingerprint density at radius 3 is 2.79 bits per heavy atom. The highest BCUT2D eigenvalue weighted by atomic mass is 15.3.